The molecule has 2 saturated heterocycles. The molecule has 0 unspecified atom stereocenters. The van der Waals surface area contributed by atoms with Crippen molar-refractivity contribution in [3.63, 3.8) is 0 Å². The standard InChI is InChI=1S/C20H29NO2/c1-14-11-15(2)19(16(3)12-14)20(22)23-13-17-7-6-10-21-9-5-4-8-18(17)21/h11-12,17-18H,4-10,13H2,1-3H3/t17-,18+/m0/s1. The summed E-state index contributed by atoms with van der Waals surface area (Å²) >= 11 is 0. The lowest BCUT2D eigenvalue weighted by Crippen LogP contribution is -2.49. The zero-order valence-electron chi connectivity index (χ0n) is 14.7. The number of carbonyl (C=O) groups is 1. The lowest BCUT2D eigenvalue weighted by Gasteiger charge is -2.44. The number of benzene rings is 1. The van der Waals surface area contributed by atoms with Crippen LogP contribution >= 0.6 is 0 Å². The van der Waals surface area contributed by atoms with Crippen molar-refractivity contribution in [3.05, 3.63) is 34.4 Å². The molecule has 2 aliphatic heterocycles. The maximum Gasteiger partial charge on any atom is 0.338 e. The van der Waals surface area contributed by atoms with Gasteiger partial charge in [0.25, 0.3) is 0 Å². The summed E-state index contributed by atoms with van der Waals surface area (Å²) in [6, 6.07) is 4.76. The number of fused-ring (bicyclic) bond motifs is 1. The number of rotatable bonds is 3. The van der Waals surface area contributed by atoms with Gasteiger partial charge in [-0.3, -0.25) is 4.90 Å². The molecule has 3 rings (SSSR count). The van der Waals surface area contributed by atoms with Gasteiger partial charge in [-0.15, -0.1) is 0 Å². The van der Waals surface area contributed by atoms with Gasteiger partial charge in [-0.2, -0.15) is 0 Å². The van der Waals surface area contributed by atoms with E-state index in [1.54, 1.807) is 0 Å². The molecule has 2 atom stereocenters. The highest BCUT2D eigenvalue weighted by molar-refractivity contribution is 5.92. The van der Waals surface area contributed by atoms with Crippen molar-refractivity contribution in [3.8, 4) is 0 Å². The fraction of sp³-hybridized carbons (Fsp3) is 0.650. The summed E-state index contributed by atoms with van der Waals surface area (Å²) in [6.07, 6.45) is 6.35. The Morgan fingerprint density at radius 2 is 1.78 bits per heavy atom. The van der Waals surface area contributed by atoms with Gasteiger partial charge in [-0.1, -0.05) is 24.1 Å². The zero-order chi connectivity index (χ0) is 16.4. The lowest BCUT2D eigenvalue weighted by molar-refractivity contribution is 0.00730. The summed E-state index contributed by atoms with van der Waals surface area (Å²) in [6.45, 7) is 9.10. The second-order valence-corrected chi connectivity index (χ2v) is 7.37. The first-order valence-electron chi connectivity index (χ1n) is 9.05. The number of hydrogen-bond acceptors (Lipinski definition) is 3. The summed E-state index contributed by atoms with van der Waals surface area (Å²) in [7, 11) is 0. The van der Waals surface area contributed by atoms with Crippen LogP contribution in [0, 0.1) is 26.7 Å². The van der Waals surface area contributed by atoms with Crippen LogP contribution in [0.3, 0.4) is 0 Å². The minimum Gasteiger partial charge on any atom is -0.462 e. The van der Waals surface area contributed by atoms with Crippen molar-refractivity contribution in [1.82, 2.24) is 4.90 Å². The summed E-state index contributed by atoms with van der Waals surface area (Å²) in [5.41, 5.74) is 4.00. The van der Waals surface area contributed by atoms with Crippen molar-refractivity contribution in [2.45, 2.75) is 58.9 Å². The highest BCUT2D eigenvalue weighted by atomic mass is 16.5. The molecule has 0 aliphatic carbocycles. The maximum atomic E-state index is 12.6. The van der Waals surface area contributed by atoms with Gasteiger partial charge in [-0.05, 0) is 70.7 Å². The molecule has 0 saturated carbocycles. The number of esters is 1. The molecule has 23 heavy (non-hydrogen) atoms. The van der Waals surface area contributed by atoms with E-state index in [1.807, 2.05) is 13.8 Å². The highest BCUT2D eigenvalue weighted by Gasteiger charge is 2.33. The summed E-state index contributed by atoms with van der Waals surface area (Å²) in [4.78, 5) is 15.2. The largest absolute Gasteiger partial charge is 0.462 e. The molecule has 0 amide bonds. The van der Waals surface area contributed by atoms with E-state index >= 15 is 0 Å². The molecular formula is C20H29NO2. The molecule has 3 nitrogen and oxygen atoms in total. The molecule has 2 heterocycles. The maximum absolute atomic E-state index is 12.6. The molecule has 2 fully saturated rings. The Hall–Kier alpha value is -1.35. The highest BCUT2D eigenvalue weighted by Crippen LogP contribution is 2.31. The quantitative estimate of drug-likeness (QED) is 0.789. The van der Waals surface area contributed by atoms with Gasteiger partial charge in [0, 0.05) is 12.0 Å². The van der Waals surface area contributed by atoms with Crippen LogP contribution in [0.4, 0.5) is 0 Å². The number of ether oxygens (including phenoxy) is 1. The Morgan fingerprint density at radius 3 is 2.52 bits per heavy atom. The van der Waals surface area contributed by atoms with Gasteiger partial charge in [0.1, 0.15) is 0 Å². The smallest absolute Gasteiger partial charge is 0.338 e. The molecular weight excluding hydrogens is 286 g/mol. The van der Waals surface area contributed by atoms with Crippen LogP contribution in [0.1, 0.15) is 59.2 Å². The van der Waals surface area contributed by atoms with Crippen molar-refractivity contribution >= 4 is 5.97 Å². The molecule has 1 aromatic carbocycles. The second-order valence-electron chi connectivity index (χ2n) is 7.37. The first-order valence-corrected chi connectivity index (χ1v) is 9.05. The van der Waals surface area contributed by atoms with E-state index in [1.165, 1.54) is 50.8 Å². The third kappa shape index (κ3) is 3.60. The van der Waals surface area contributed by atoms with Crippen LogP contribution < -0.4 is 0 Å². The molecule has 126 valence electrons. The monoisotopic (exact) mass is 315 g/mol. The summed E-state index contributed by atoms with van der Waals surface area (Å²) < 4.78 is 5.75. The fourth-order valence-corrected chi connectivity index (χ4v) is 4.53. The average molecular weight is 315 g/mol. The van der Waals surface area contributed by atoms with Gasteiger partial charge in [0.2, 0.25) is 0 Å². The average Bonchev–Trinajstić information content (AvgIpc) is 2.52. The number of hydrogen-bond donors (Lipinski definition) is 0. The van der Waals surface area contributed by atoms with E-state index in [0.717, 1.165) is 16.7 Å². The van der Waals surface area contributed by atoms with Crippen LogP contribution in [0.5, 0.6) is 0 Å². The molecule has 0 spiro atoms. The van der Waals surface area contributed by atoms with Gasteiger partial charge >= 0.3 is 5.97 Å². The molecule has 3 heteroatoms. The van der Waals surface area contributed by atoms with Crippen LogP contribution in [-0.2, 0) is 4.74 Å². The Labute approximate surface area is 140 Å². The van der Waals surface area contributed by atoms with E-state index in [4.69, 9.17) is 4.74 Å². The van der Waals surface area contributed by atoms with Crippen molar-refractivity contribution in [2.24, 2.45) is 5.92 Å². The molecule has 1 aromatic rings. The van der Waals surface area contributed by atoms with Gasteiger partial charge in [0.05, 0.1) is 12.2 Å². The summed E-state index contributed by atoms with van der Waals surface area (Å²) in [5, 5.41) is 0. The molecule has 2 aliphatic rings. The number of aryl methyl sites for hydroxylation is 3. The van der Waals surface area contributed by atoms with Crippen LogP contribution in [0.2, 0.25) is 0 Å². The fourth-order valence-electron chi connectivity index (χ4n) is 4.53. The van der Waals surface area contributed by atoms with E-state index in [2.05, 4.69) is 24.0 Å². The zero-order valence-corrected chi connectivity index (χ0v) is 14.7. The predicted molar refractivity (Wildman–Crippen MR) is 92.9 cm³/mol. The number of piperidine rings is 2. The number of carbonyl (C=O) groups excluding carboxylic acids is 1. The van der Waals surface area contributed by atoms with Crippen LogP contribution in [-0.4, -0.2) is 36.6 Å². The number of nitrogens with zero attached hydrogens (tertiary/aromatic N) is 1. The SMILES string of the molecule is Cc1cc(C)c(C(=O)OC[C@@H]2CCCN3CCCC[C@H]23)c(C)c1. The Bertz CT molecular complexity index is 556. The van der Waals surface area contributed by atoms with Crippen molar-refractivity contribution in [2.75, 3.05) is 19.7 Å². The minimum atomic E-state index is -0.145. The molecule has 0 aromatic heterocycles. The third-order valence-electron chi connectivity index (χ3n) is 5.54. The topological polar surface area (TPSA) is 29.5 Å². The molecule has 0 radical (unpaired) electrons. The Morgan fingerprint density at radius 1 is 1.09 bits per heavy atom. The van der Waals surface area contributed by atoms with Gasteiger partial charge in [0.15, 0.2) is 0 Å². The van der Waals surface area contributed by atoms with E-state index in [-0.39, 0.29) is 5.97 Å². The second kappa shape index (κ2) is 7.04. The third-order valence-corrected chi connectivity index (χ3v) is 5.54. The Kier molecular flexibility index (Phi) is 5.05. The minimum absolute atomic E-state index is 0.145. The molecule has 0 N–H and O–H groups in total. The van der Waals surface area contributed by atoms with E-state index < -0.39 is 0 Å². The summed E-state index contributed by atoms with van der Waals surface area (Å²) in [5.74, 6) is 0.368. The lowest BCUT2D eigenvalue weighted by atomic mass is 9.84. The first-order chi connectivity index (χ1) is 11.1. The van der Waals surface area contributed by atoms with Crippen LogP contribution in [0.25, 0.3) is 0 Å². The van der Waals surface area contributed by atoms with Gasteiger partial charge in [-0.25, -0.2) is 4.79 Å². The van der Waals surface area contributed by atoms with Crippen molar-refractivity contribution < 1.29 is 9.53 Å². The van der Waals surface area contributed by atoms with E-state index in [9.17, 15) is 4.79 Å². The van der Waals surface area contributed by atoms with Crippen molar-refractivity contribution in [1.29, 1.82) is 0 Å². The normalized spacial score (nSPS) is 25.0. The van der Waals surface area contributed by atoms with Crippen LogP contribution in [0.15, 0.2) is 12.1 Å². The van der Waals surface area contributed by atoms with E-state index in [0.29, 0.717) is 18.6 Å². The predicted octanol–water partition coefficient (Wildman–Crippen LogP) is 4.03. The van der Waals surface area contributed by atoms with Gasteiger partial charge < -0.3 is 4.74 Å². The first kappa shape index (κ1) is 16.5. The molecule has 0 bridgehead atoms. The Balaban J connectivity index is 1.65.